The predicted molar refractivity (Wildman–Crippen MR) is 124 cm³/mol. The molecule has 0 unspecified atom stereocenters. The van der Waals surface area contributed by atoms with Gasteiger partial charge in [-0.25, -0.2) is 0 Å². The number of β-amino-alcohol motifs (C(OH)–C–C–N with tert-alkyl or cyclic N) is 1. The third-order valence-corrected chi connectivity index (χ3v) is 6.79. The summed E-state index contributed by atoms with van der Waals surface area (Å²) in [6, 6.07) is 27.1. The second kappa shape index (κ2) is 7.92. The Kier molecular flexibility index (Phi) is 5.09. The van der Waals surface area contributed by atoms with Gasteiger partial charge in [-0.3, -0.25) is 9.69 Å². The molecule has 1 saturated heterocycles. The second-order valence-corrected chi connectivity index (χ2v) is 8.52. The molecule has 156 valence electrons. The molecule has 1 aliphatic heterocycles. The molecule has 3 nitrogen and oxygen atoms in total. The summed E-state index contributed by atoms with van der Waals surface area (Å²) in [5.41, 5.74) is 5.26. The number of hydrogen-bond acceptors (Lipinski definition) is 3. The average molecular weight is 410 g/mol. The number of carbonyl (C=O) groups is 1. The van der Waals surface area contributed by atoms with E-state index < -0.39 is 11.6 Å². The van der Waals surface area contributed by atoms with Crippen LogP contribution in [0.4, 0.5) is 0 Å². The van der Waals surface area contributed by atoms with Gasteiger partial charge in [0, 0.05) is 13.0 Å². The zero-order valence-electron chi connectivity index (χ0n) is 17.6. The molecule has 1 heterocycles. The minimum absolute atomic E-state index is 0.175. The van der Waals surface area contributed by atoms with Crippen LogP contribution in [-0.2, 0) is 10.3 Å². The summed E-state index contributed by atoms with van der Waals surface area (Å²) in [6.45, 7) is 4.24. The molecule has 0 spiro atoms. The number of ketones is 1. The first-order chi connectivity index (χ1) is 15.2. The molecule has 3 aromatic carbocycles. The normalized spacial score (nSPS) is 21.5. The monoisotopic (exact) mass is 409 g/mol. The fourth-order valence-electron chi connectivity index (χ4n) is 5.58. The van der Waals surface area contributed by atoms with Crippen molar-refractivity contribution in [1.82, 2.24) is 4.90 Å². The van der Waals surface area contributed by atoms with Gasteiger partial charge < -0.3 is 5.11 Å². The van der Waals surface area contributed by atoms with Crippen molar-refractivity contribution in [3.8, 4) is 11.1 Å². The SMILES string of the molecule is C=CCCC(=O)[C@@H]1C[C@@H](O)CN1C1(c2ccccc2)c2ccccc2-c2ccccc21. The number of Topliss-reactive ketones (excluding diaryl/α,β-unsaturated/α-hetero) is 1. The molecular formula is C28H27NO2. The zero-order chi connectivity index (χ0) is 21.4. The molecule has 0 bridgehead atoms. The quantitative estimate of drug-likeness (QED) is 0.587. The zero-order valence-corrected chi connectivity index (χ0v) is 17.6. The molecule has 1 N–H and O–H groups in total. The van der Waals surface area contributed by atoms with Crippen molar-refractivity contribution in [2.24, 2.45) is 0 Å². The van der Waals surface area contributed by atoms with Crippen molar-refractivity contribution >= 4 is 5.78 Å². The van der Waals surface area contributed by atoms with Gasteiger partial charge in [0.05, 0.1) is 17.7 Å². The fourth-order valence-corrected chi connectivity index (χ4v) is 5.58. The number of fused-ring (bicyclic) bond motifs is 3. The second-order valence-electron chi connectivity index (χ2n) is 8.52. The number of aliphatic hydroxyl groups is 1. The van der Waals surface area contributed by atoms with Gasteiger partial charge >= 0.3 is 0 Å². The number of rotatable bonds is 6. The number of nitrogens with zero attached hydrogens (tertiary/aromatic N) is 1. The van der Waals surface area contributed by atoms with Crippen LogP contribution >= 0.6 is 0 Å². The van der Waals surface area contributed by atoms with E-state index >= 15 is 0 Å². The fraction of sp³-hybridized carbons (Fsp3) is 0.250. The van der Waals surface area contributed by atoms with Gasteiger partial charge in [0.25, 0.3) is 0 Å². The minimum Gasteiger partial charge on any atom is -0.392 e. The molecule has 1 fully saturated rings. The van der Waals surface area contributed by atoms with Gasteiger partial charge in [-0.05, 0) is 40.7 Å². The first-order valence-corrected chi connectivity index (χ1v) is 11.0. The molecule has 3 heteroatoms. The van der Waals surface area contributed by atoms with Crippen molar-refractivity contribution in [3.63, 3.8) is 0 Å². The molecule has 0 saturated carbocycles. The number of aliphatic hydroxyl groups excluding tert-OH is 1. The Balaban J connectivity index is 1.78. The highest BCUT2D eigenvalue weighted by Gasteiger charge is 2.54. The summed E-state index contributed by atoms with van der Waals surface area (Å²) in [5.74, 6) is 0.175. The van der Waals surface area contributed by atoms with Crippen LogP contribution in [-0.4, -0.2) is 34.5 Å². The van der Waals surface area contributed by atoms with E-state index in [1.54, 1.807) is 6.08 Å². The third-order valence-electron chi connectivity index (χ3n) is 6.79. The lowest BCUT2D eigenvalue weighted by molar-refractivity contribution is -0.124. The predicted octanol–water partition coefficient (Wildman–Crippen LogP) is 4.93. The van der Waals surface area contributed by atoms with E-state index in [4.69, 9.17) is 0 Å². The Hall–Kier alpha value is -3.01. The van der Waals surface area contributed by atoms with Crippen LogP contribution in [0.25, 0.3) is 11.1 Å². The average Bonchev–Trinajstić information content (AvgIpc) is 3.34. The van der Waals surface area contributed by atoms with Crippen LogP contribution in [0, 0.1) is 0 Å². The molecule has 31 heavy (non-hydrogen) atoms. The summed E-state index contributed by atoms with van der Waals surface area (Å²) in [6.07, 6.45) is 2.84. The highest BCUT2D eigenvalue weighted by Crippen LogP contribution is 2.56. The smallest absolute Gasteiger partial charge is 0.150 e. The van der Waals surface area contributed by atoms with Crippen molar-refractivity contribution in [1.29, 1.82) is 0 Å². The maximum absolute atomic E-state index is 13.3. The number of allylic oxidation sites excluding steroid dienone is 1. The van der Waals surface area contributed by atoms with Gasteiger partial charge in [-0.2, -0.15) is 0 Å². The molecule has 2 aliphatic rings. The van der Waals surface area contributed by atoms with Gasteiger partial charge in [-0.1, -0.05) is 84.9 Å². The Morgan fingerprint density at radius 1 is 0.968 bits per heavy atom. The Bertz CT molecular complexity index is 1080. The topological polar surface area (TPSA) is 40.5 Å². The van der Waals surface area contributed by atoms with Crippen LogP contribution in [0.2, 0.25) is 0 Å². The molecular weight excluding hydrogens is 382 g/mol. The van der Waals surface area contributed by atoms with Gasteiger partial charge in [0.2, 0.25) is 0 Å². The van der Waals surface area contributed by atoms with Crippen molar-refractivity contribution in [2.45, 2.75) is 36.9 Å². The summed E-state index contributed by atoms with van der Waals surface area (Å²) in [4.78, 5) is 15.6. The highest BCUT2D eigenvalue weighted by molar-refractivity contribution is 5.87. The number of carbonyl (C=O) groups excluding carboxylic acids is 1. The molecule has 2 atom stereocenters. The third kappa shape index (κ3) is 3.00. The number of benzene rings is 3. The van der Waals surface area contributed by atoms with E-state index in [-0.39, 0.29) is 11.8 Å². The molecule has 0 aromatic heterocycles. The van der Waals surface area contributed by atoms with Crippen molar-refractivity contribution < 1.29 is 9.90 Å². The van der Waals surface area contributed by atoms with E-state index in [2.05, 4.69) is 84.3 Å². The lowest BCUT2D eigenvalue weighted by atomic mass is 9.78. The Morgan fingerprint density at radius 2 is 1.55 bits per heavy atom. The maximum Gasteiger partial charge on any atom is 0.150 e. The van der Waals surface area contributed by atoms with Gasteiger partial charge in [0.15, 0.2) is 0 Å². The van der Waals surface area contributed by atoms with Crippen LogP contribution < -0.4 is 0 Å². The van der Waals surface area contributed by atoms with Crippen LogP contribution in [0.5, 0.6) is 0 Å². The van der Waals surface area contributed by atoms with E-state index in [1.165, 1.54) is 22.3 Å². The minimum atomic E-state index is -0.611. The number of hydrogen-bond donors (Lipinski definition) is 1. The maximum atomic E-state index is 13.3. The molecule has 5 rings (SSSR count). The summed E-state index contributed by atoms with van der Waals surface area (Å²) < 4.78 is 0. The molecule has 0 amide bonds. The lowest BCUT2D eigenvalue weighted by Gasteiger charge is -2.44. The summed E-state index contributed by atoms with van der Waals surface area (Å²) in [5, 5.41) is 10.7. The first-order valence-electron chi connectivity index (χ1n) is 11.0. The largest absolute Gasteiger partial charge is 0.392 e. The molecule has 0 radical (unpaired) electrons. The molecule has 1 aliphatic carbocycles. The van der Waals surface area contributed by atoms with E-state index in [0.29, 0.717) is 25.8 Å². The first kappa shape index (κ1) is 19.9. The van der Waals surface area contributed by atoms with Crippen LogP contribution in [0.15, 0.2) is 91.5 Å². The lowest BCUT2D eigenvalue weighted by Crippen LogP contribution is -2.52. The van der Waals surface area contributed by atoms with Gasteiger partial charge in [0.1, 0.15) is 5.78 Å². The highest BCUT2D eigenvalue weighted by atomic mass is 16.3. The van der Waals surface area contributed by atoms with Crippen LogP contribution in [0.1, 0.15) is 36.0 Å². The Morgan fingerprint density at radius 3 is 2.16 bits per heavy atom. The number of likely N-dealkylation sites (tertiary alicyclic amines) is 1. The molecule has 3 aromatic rings. The summed E-state index contributed by atoms with van der Waals surface area (Å²) >= 11 is 0. The summed E-state index contributed by atoms with van der Waals surface area (Å²) in [7, 11) is 0. The van der Waals surface area contributed by atoms with Crippen molar-refractivity contribution in [2.75, 3.05) is 6.54 Å². The van der Waals surface area contributed by atoms with E-state index in [9.17, 15) is 9.90 Å². The van der Waals surface area contributed by atoms with Gasteiger partial charge in [-0.15, -0.1) is 6.58 Å². The standard InChI is InChI=1S/C28H27NO2/c1-2-3-17-27(31)26-18-21(30)19-29(26)28(20-11-5-4-6-12-20)24-15-9-7-13-22(24)23-14-8-10-16-25(23)28/h2,4-16,21,26,30H,1,3,17-19H2/t21-,26+/m1/s1. The van der Waals surface area contributed by atoms with E-state index in [1.807, 2.05) is 6.07 Å². The Labute approximate surface area is 183 Å². The van der Waals surface area contributed by atoms with E-state index in [0.717, 1.165) is 5.56 Å². The van der Waals surface area contributed by atoms with Crippen molar-refractivity contribution in [3.05, 3.63) is 108 Å². The van der Waals surface area contributed by atoms with Crippen LogP contribution in [0.3, 0.4) is 0 Å².